The smallest absolute Gasteiger partial charge is 0.303 e. The van der Waals surface area contributed by atoms with E-state index >= 15 is 0 Å². The molecule has 10 nitrogen and oxygen atoms in total. The fourth-order valence-corrected chi connectivity index (χ4v) is 7.44. The number of aliphatic carboxylic acids is 1. The Labute approximate surface area is 306 Å². The van der Waals surface area contributed by atoms with Crippen LogP contribution in [-0.2, 0) is 29.8 Å². The Morgan fingerprint density at radius 3 is 2.33 bits per heavy atom. The third-order valence-electron chi connectivity index (χ3n) is 9.69. The molecule has 5 rings (SSSR count). The first-order valence-electron chi connectivity index (χ1n) is 17.6. The summed E-state index contributed by atoms with van der Waals surface area (Å²) < 4.78 is 53.6. The van der Waals surface area contributed by atoms with Gasteiger partial charge in [0.05, 0.1) is 11.0 Å². The van der Waals surface area contributed by atoms with E-state index in [0.717, 1.165) is 63.2 Å². The Kier molecular flexibility index (Phi) is 12.5. The number of benzene rings is 3. The van der Waals surface area contributed by atoms with E-state index in [0.29, 0.717) is 45.0 Å². The molecule has 0 aromatic heterocycles. The molecule has 2 heterocycles. The average molecular weight is 730 g/mol. The summed E-state index contributed by atoms with van der Waals surface area (Å²) in [6.07, 6.45) is 8.12. The number of nitrogens with zero attached hydrogens (tertiary/aromatic N) is 2. The summed E-state index contributed by atoms with van der Waals surface area (Å²) in [5, 5.41) is 10.1. The summed E-state index contributed by atoms with van der Waals surface area (Å²) >= 11 is 0. The van der Waals surface area contributed by atoms with E-state index in [1.807, 2.05) is 50.3 Å². The summed E-state index contributed by atoms with van der Waals surface area (Å²) in [5.41, 5.74) is 6.12. The van der Waals surface area contributed by atoms with Crippen molar-refractivity contribution < 1.29 is 36.8 Å². The van der Waals surface area contributed by atoms with Crippen molar-refractivity contribution in [1.29, 1.82) is 0 Å². The molecule has 0 saturated carbocycles. The number of hydrogen-bond donors (Lipinski definition) is 2. The van der Waals surface area contributed by atoms with Crippen LogP contribution in [0.15, 0.2) is 93.9 Å². The number of carboxylic acids is 1. The highest BCUT2D eigenvalue weighted by Crippen LogP contribution is 2.48. The Balaban J connectivity index is 1.61. The molecule has 0 radical (unpaired) electrons. The van der Waals surface area contributed by atoms with E-state index in [9.17, 15) is 17.8 Å². The van der Waals surface area contributed by atoms with Crippen molar-refractivity contribution in [2.75, 3.05) is 52.0 Å². The molecule has 2 aliphatic heterocycles. The fraction of sp³-hybridized carbons (Fsp3) is 0.366. The van der Waals surface area contributed by atoms with Gasteiger partial charge in [-0.3, -0.25) is 9.35 Å². The van der Waals surface area contributed by atoms with Crippen LogP contribution in [0.1, 0.15) is 56.4 Å². The van der Waals surface area contributed by atoms with Crippen LogP contribution in [-0.4, -0.2) is 71.1 Å². The predicted octanol–water partition coefficient (Wildman–Crippen LogP) is 7.01. The van der Waals surface area contributed by atoms with Gasteiger partial charge in [0.15, 0.2) is 13.1 Å². The zero-order chi connectivity index (χ0) is 37.5. The van der Waals surface area contributed by atoms with Crippen LogP contribution in [0.4, 0.5) is 5.69 Å². The molecule has 3 aliphatic rings. The third kappa shape index (κ3) is 8.73. The van der Waals surface area contributed by atoms with Crippen molar-refractivity contribution in [3.8, 4) is 22.5 Å². The quantitative estimate of drug-likeness (QED) is 0.0711. The van der Waals surface area contributed by atoms with Gasteiger partial charge in [-0.15, -0.1) is 0 Å². The van der Waals surface area contributed by atoms with Crippen molar-refractivity contribution in [2.24, 2.45) is 0 Å². The van der Waals surface area contributed by atoms with Gasteiger partial charge in [0.1, 0.15) is 24.7 Å². The van der Waals surface area contributed by atoms with E-state index < -0.39 is 21.5 Å². The van der Waals surface area contributed by atoms with Gasteiger partial charge in [0.2, 0.25) is 5.36 Å². The molecule has 0 fully saturated rings. The molecular weight excluding hydrogens is 681 g/mol. The first-order valence-corrected chi connectivity index (χ1v) is 19.0. The Hall–Kier alpha value is -4.55. The highest BCUT2D eigenvalue weighted by atomic mass is 32.2. The number of carboxylic acid groups (broad SMARTS) is 1. The standard InChI is InChI=1S/C41H48N2O8S/c1-29-36(51-37-27-31(42(23-25-49-4)24-26-50-5)18-20-33(37)40(29)30-13-8-6-9-14-30)15-12-16-38-41(2,3)34-28-32(52(46,47)48)19-21-35(34)43(38)22-11-7-10-17-39(44)45/h6,8-9,12-16,18-21,27-28H,7,10-11,17,22-26H2,1-5H3,(H-,44,45,46,47,48)/p+1. The molecule has 0 saturated heterocycles. The molecule has 0 atom stereocenters. The normalized spacial score (nSPS) is 14.8. The highest BCUT2D eigenvalue weighted by molar-refractivity contribution is 7.85. The highest BCUT2D eigenvalue weighted by Gasteiger charge is 2.40. The number of ether oxygens (including phenoxy) is 2. The molecule has 0 unspecified atom stereocenters. The lowest BCUT2D eigenvalue weighted by Gasteiger charge is -2.27. The molecule has 1 aliphatic carbocycles. The maximum absolute atomic E-state index is 12.1. The number of unbranched alkanes of at least 4 members (excludes halogenated alkanes) is 2. The number of methoxy groups -OCH3 is 2. The summed E-state index contributed by atoms with van der Waals surface area (Å²) in [6, 6.07) is 21.2. The topological polar surface area (TPSA) is 130 Å². The maximum atomic E-state index is 12.1. The molecule has 276 valence electrons. The molecular formula is C41H49N2O8S+. The lowest BCUT2D eigenvalue weighted by molar-refractivity contribution is -0.137. The van der Waals surface area contributed by atoms with Crippen LogP contribution in [0.25, 0.3) is 28.5 Å². The largest absolute Gasteiger partial charge is 0.481 e. The van der Waals surface area contributed by atoms with E-state index in [4.69, 9.17) is 19.0 Å². The fourth-order valence-electron chi connectivity index (χ4n) is 6.93. The second-order valence-corrected chi connectivity index (χ2v) is 15.0. The molecule has 2 aromatic rings. The van der Waals surface area contributed by atoms with Gasteiger partial charge in [-0.05, 0) is 72.9 Å². The van der Waals surface area contributed by atoms with Gasteiger partial charge < -0.3 is 23.9 Å². The first-order chi connectivity index (χ1) is 24.9. The third-order valence-corrected chi connectivity index (χ3v) is 10.5. The minimum Gasteiger partial charge on any atom is -0.481 e. The van der Waals surface area contributed by atoms with Crippen LogP contribution >= 0.6 is 0 Å². The Morgan fingerprint density at radius 2 is 1.67 bits per heavy atom. The number of rotatable bonds is 16. The summed E-state index contributed by atoms with van der Waals surface area (Å²) in [5.74, 6) is 0.623. The molecule has 0 amide bonds. The van der Waals surface area contributed by atoms with Crippen LogP contribution in [0.2, 0.25) is 0 Å². The lowest BCUT2D eigenvalue weighted by Crippen LogP contribution is -2.35. The second-order valence-electron chi connectivity index (χ2n) is 13.5. The van der Waals surface area contributed by atoms with E-state index in [1.54, 1.807) is 26.4 Å². The van der Waals surface area contributed by atoms with E-state index in [1.165, 1.54) is 6.07 Å². The van der Waals surface area contributed by atoms with Gasteiger partial charge in [-0.25, -0.2) is 4.58 Å². The number of anilines is 1. The van der Waals surface area contributed by atoms with Crippen molar-refractivity contribution in [2.45, 2.75) is 56.8 Å². The van der Waals surface area contributed by atoms with Crippen molar-refractivity contribution in [3.63, 3.8) is 0 Å². The van der Waals surface area contributed by atoms with Gasteiger partial charge in [0.25, 0.3) is 10.1 Å². The first kappa shape index (κ1) is 38.7. The molecule has 2 aromatic carbocycles. The van der Waals surface area contributed by atoms with E-state index in [2.05, 4.69) is 46.7 Å². The lowest BCUT2D eigenvalue weighted by atomic mass is 9.83. The number of hydrogen-bond acceptors (Lipinski definition) is 7. The average Bonchev–Trinajstić information content (AvgIpc) is 3.32. The summed E-state index contributed by atoms with van der Waals surface area (Å²) in [7, 11) is -1.02. The Bertz CT molecular complexity index is 2090. The zero-order valence-electron chi connectivity index (χ0n) is 30.6. The van der Waals surface area contributed by atoms with E-state index in [-0.39, 0.29) is 11.3 Å². The van der Waals surface area contributed by atoms with Crippen molar-refractivity contribution in [1.82, 2.24) is 4.58 Å². The SMILES string of the molecule is COCC[N+](CCOC)=c1ccc2c(-c3ccccc3)c(C)c(C=CC=C3N(CCCCCC(=O)O)c4ccc(S(=O)(=O)O)cc4C3(C)C)oc-2c1. The minimum absolute atomic E-state index is 0.116. The predicted molar refractivity (Wildman–Crippen MR) is 204 cm³/mol. The Morgan fingerprint density at radius 1 is 0.962 bits per heavy atom. The zero-order valence-corrected chi connectivity index (χ0v) is 31.4. The molecule has 0 bridgehead atoms. The van der Waals surface area contributed by atoms with Crippen LogP contribution in [0.3, 0.4) is 0 Å². The number of carbonyl (C=O) groups is 1. The van der Waals surface area contributed by atoms with Gasteiger partial charge >= 0.3 is 5.97 Å². The second kappa shape index (κ2) is 16.9. The monoisotopic (exact) mass is 729 g/mol. The molecule has 11 heteroatoms. The molecule has 52 heavy (non-hydrogen) atoms. The van der Waals surface area contributed by atoms with Crippen molar-refractivity contribution >= 4 is 27.9 Å². The van der Waals surface area contributed by atoms with Gasteiger partial charge in [0, 0.05) is 61.2 Å². The van der Waals surface area contributed by atoms with Gasteiger partial charge in [-0.1, -0.05) is 56.7 Å². The minimum atomic E-state index is -4.40. The summed E-state index contributed by atoms with van der Waals surface area (Å²) in [6.45, 7) is 9.27. The van der Waals surface area contributed by atoms with Crippen LogP contribution < -0.4 is 14.8 Å². The van der Waals surface area contributed by atoms with Gasteiger partial charge in [-0.2, -0.15) is 8.42 Å². The van der Waals surface area contributed by atoms with Crippen LogP contribution in [0, 0.1) is 6.92 Å². The summed E-state index contributed by atoms with van der Waals surface area (Å²) in [4.78, 5) is 13.1. The maximum Gasteiger partial charge on any atom is 0.303 e. The number of allylic oxidation sites excluding steroid dienone is 3. The number of fused-ring (bicyclic) bond motifs is 2. The molecule has 0 spiro atoms. The van der Waals surface area contributed by atoms with Crippen molar-refractivity contribution in [3.05, 3.63) is 107 Å². The molecule has 2 N–H and O–H groups in total. The van der Waals surface area contributed by atoms with Crippen LogP contribution in [0.5, 0.6) is 0 Å².